The molecule has 0 aromatic heterocycles. The van der Waals surface area contributed by atoms with Crippen LogP contribution in [0.5, 0.6) is 11.5 Å². The third-order valence-corrected chi connectivity index (χ3v) is 6.64. The van der Waals surface area contributed by atoms with E-state index < -0.39 is 0 Å². The molecule has 0 spiro atoms. The average molecular weight is 481 g/mol. The number of benzene rings is 2. The highest BCUT2D eigenvalue weighted by molar-refractivity contribution is 5.94. The van der Waals surface area contributed by atoms with Crippen LogP contribution in [0.1, 0.15) is 28.8 Å². The minimum atomic E-state index is 0.0700. The standard InChI is InChI=1S/C27H36N4O4/c1-29(20-23-8-11-26(32)28-23)19-21-4-3-5-25(18-21)35-17-16-30-12-14-31(15-13-30)27(33)22-6-9-24(34-2)10-7-22/h3-7,9-10,18,23H,8,11-17,19-20H2,1-2H3,(H,28,32). The molecule has 2 aromatic rings. The number of amides is 2. The Labute approximate surface area is 207 Å². The molecule has 2 fully saturated rings. The van der Waals surface area contributed by atoms with E-state index in [1.807, 2.05) is 41.3 Å². The van der Waals surface area contributed by atoms with Crippen LogP contribution in [0, 0.1) is 0 Å². The fraction of sp³-hybridized carbons (Fsp3) is 0.481. The van der Waals surface area contributed by atoms with Gasteiger partial charge in [-0.15, -0.1) is 0 Å². The van der Waals surface area contributed by atoms with Gasteiger partial charge >= 0.3 is 0 Å². The number of hydrogen-bond acceptors (Lipinski definition) is 6. The van der Waals surface area contributed by atoms with Crippen LogP contribution in [-0.4, -0.2) is 92.6 Å². The van der Waals surface area contributed by atoms with Gasteiger partial charge in [-0.3, -0.25) is 14.5 Å². The van der Waals surface area contributed by atoms with E-state index in [1.54, 1.807) is 7.11 Å². The van der Waals surface area contributed by atoms with Crippen LogP contribution in [-0.2, 0) is 11.3 Å². The van der Waals surface area contributed by atoms with Gasteiger partial charge in [0.15, 0.2) is 0 Å². The van der Waals surface area contributed by atoms with Gasteiger partial charge in [0.1, 0.15) is 18.1 Å². The minimum absolute atomic E-state index is 0.0700. The van der Waals surface area contributed by atoms with Crippen molar-refractivity contribution in [3.63, 3.8) is 0 Å². The van der Waals surface area contributed by atoms with Crippen molar-refractivity contribution in [2.24, 2.45) is 0 Å². The molecule has 0 saturated carbocycles. The molecule has 2 heterocycles. The highest BCUT2D eigenvalue weighted by Crippen LogP contribution is 2.17. The first kappa shape index (κ1) is 25.0. The van der Waals surface area contributed by atoms with Crippen LogP contribution in [0.2, 0.25) is 0 Å². The Kier molecular flexibility index (Phi) is 8.60. The highest BCUT2D eigenvalue weighted by Gasteiger charge is 2.23. The van der Waals surface area contributed by atoms with E-state index in [0.29, 0.717) is 31.7 Å². The molecule has 8 heteroatoms. The molecule has 2 saturated heterocycles. The smallest absolute Gasteiger partial charge is 0.253 e. The van der Waals surface area contributed by atoms with Gasteiger partial charge in [-0.25, -0.2) is 0 Å². The molecule has 1 N–H and O–H groups in total. The number of nitrogens with one attached hydrogen (secondary N) is 1. The van der Waals surface area contributed by atoms with Crippen molar-refractivity contribution < 1.29 is 19.1 Å². The minimum Gasteiger partial charge on any atom is -0.497 e. The van der Waals surface area contributed by atoms with Gasteiger partial charge in [0.05, 0.1) is 7.11 Å². The summed E-state index contributed by atoms with van der Waals surface area (Å²) in [5, 5.41) is 3.03. The first-order valence-electron chi connectivity index (χ1n) is 12.4. The second-order valence-corrected chi connectivity index (χ2v) is 9.36. The number of rotatable bonds is 10. The van der Waals surface area contributed by atoms with E-state index in [-0.39, 0.29) is 17.9 Å². The summed E-state index contributed by atoms with van der Waals surface area (Å²) < 4.78 is 11.2. The zero-order chi connectivity index (χ0) is 24.6. The summed E-state index contributed by atoms with van der Waals surface area (Å²) in [5.41, 5.74) is 1.89. The molecule has 0 radical (unpaired) electrons. The molecule has 4 rings (SSSR count). The van der Waals surface area contributed by atoms with Crippen molar-refractivity contribution >= 4 is 11.8 Å². The lowest BCUT2D eigenvalue weighted by Gasteiger charge is -2.34. The van der Waals surface area contributed by atoms with E-state index in [0.717, 1.165) is 50.6 Å². The van der Waals surface area contributed by atoms with Crippen molar-refractivity contribution in [3.8, 4) is 11.5 Å². The SMILES string of the molecule is COc1ccc(C(=O)N2CCN(CCOc3cccc(CN(C)CC4CCC(=O)N4)c3)CC2)cc1. The summed E-state index contributed by atoms with van der Waals surface area (Å²) >= 11 is 0. The number of piperazine rings is 1. The quantitative estimate of drug-likeness (QED) is 0.562. The molecule has 2 aliphatic heterocycles. The Balaban J connectivity index is 1.16. The highest BCUT2D eigenvalue weighted by atomic mass is 16.5. The van der Waals surface area contributed by atoms with Gasteiger partial charge in [-0.2, -0.15) is 0 Å². The molecule has 8 nitrogen and oxygen atoms in total. The molecular formula is C27H36N4O4. The lowest BCUT2D eigenvalue weighted by molar-refractivity contribution is -0.119. The second kappa shape index (κ2) is 12.0. The van der Waals surface area contributed by atoms with Gasteiger partial charge in [0, 0.05) is 63.8 Å². The Morgan fingerprint density at radius 2 is 1.86 bits per heavy atom. The summed E-state index contributed by atoms with van der Waals surface area (Å²) in [5.74, 6) is 1.85. The van der Waals surface area contributed by atoms with E-state index in [2.05, 4.69) is 34.3 Å². The van der Waals surface area contributed by atoms with Crippen molar-refractivity contribution in [1.29, 1.82) is 0 Å². The molecule has 188 valence electrons. The molecule has 2 aliphatic rings. The van der Waals surface area contributed by atoms with Crippen LogP contribution in [0.4, 0.5) is 0 Å². The van der Waals surface area contributed by atoms with Crippen LogP contribution < -0.4 is 14.8 Å². The first-order valence-corrected chi connectivity index (χ1v) is 12.4. The van der Waals surface area contributed by atoms with Crippen molar-refractivity contribution in [2.45, 2.75) is 25.4 Å². The largest absolute Gasteiger partial charge is 0.497 e. The Hall–Kier alpha value is -3.10. The maximum absolute atomic E-state index is 12.7. The van der Waals surface area contributed by atoms with Gasteiger partial charge in [0.25, 0.3) is 5.91 Å². The number of hydrogen-bond donors (Lipinski definition) is 1. The second-order valence-electron chi connectivity index (χ2n) is 9.36. The Morgan fingerprint density at radius 1 is 1.09 bits per heavy atom. The number of ether oxygens (including phenoxy) is 2. The molecular weight excluding hydrogens is 444 g/mol. The van der Waals surface area contributed by atoms with Crippen LogP contribution in [0.3, 0.4) is 0 Å². The molecule has 2 aromatic carbocycles. The zero-order valence-corrected chi connectivity index (χ0v) is 20.7. The average Bonchev–Trinajstić information content (AvgIpc) is 3.28. The lowest BCUT2D eigenvalue weighted by atomic mass is 10.1. The van der Waals surface area contributed by atoms with E-state index in [4.69, 9.17) is 9.47 Å². The van der Waals surface area contributed by atoms with Crippen molar-refractivity contribution in [1.82, 2.24) is 20.0 Å². The molecule has 1 atom stereocenters. The summed E-state index contributed by atoms with van der Waals surface area (Å²) in [6.45, 7) is 6.22. The molecule has 1 unspecified atom stereocenters. The zero-order valence-electron chi connectivity index (χ0n) is 20.7. The number of carbonyl (C=O) groups excluding carboxylic acids is 2. The normalized spacial score (nSPS) is 18.5. The summed E-state index contributed by atoms with van der Waals surface area (Å²) in [6, 6.07) is 15.8. The van der Waals surface area contributed by atoms with Crippen molar-refractivity contribution in [3.05, 3.63) is 59.7 Å². The van der Waals surface area contributed by atoms with Crippen LogP contribution >= 0.6 is 0 Å². The monoisotopic (exact) mass is 480 g/mol. The maximum atomic E-state index is 12.7. The summed E-state index contributed by atoms with van der Waals surface area (Å²) in [7, 11) is 3.70. The van der Waals surface area contributed by atoms with Crippen LogP contribution in [0.15, 0.2) is 48.5 Å². The molecule has 0 bridgehead atoms. The lowest BCUT2D eigenvalue weighted by Crippen LogP contribution is -2.49. The number of methoxy groups -OCH3 is 1. The van der Waals surface area contributed by atoms with Gasteiger partial charge < -0.3 is 24.6 Å². The van der Waals surface area contributed by atoms with E-state index in [1.165, 1.54) is 5.56 Å². The van der Waals surface area contributed by atoms with Crippen molar-refractivity contribution in [2.75, 3.05) is 60.0 Å². The first-order chi connectivity index (χ1) is 17.0. The number of carbonyl (C=O) groups is 2. The fourth-order valence-electron chi connectivity index (χ4n) is 4.68. The molecule has 35 heavy (non-hydrogen) atoms. The van der Waals surface area contributed by atoms with Gasteiger partial charge in [0.2, 0.25) is 5.91 Å². The van der Waals surface area contributed by atoms with E-state index in [9.17, 15) is 9.59 Å². The summed E-state index contributed by atoms with van der Waals surface area (Å²) in [4.78, 5) is 30.6. The predicted molar refractivity (Wildman–Crippen MR) is 135 cm³/mol. The van der Waals surface area contributed by atoms with Gasteiger partial charge in [-0.05, 0) is 55.4 Å². The summed E-state index contributed by atoms with van der Waals surface area (Å²) in [6.07, 6.45) is 1.55. The third-order valence-electron chi connectivity index (χ3n) is 6.64. The Bertz CT molecular complexity index is 989. The number of likely N-dealkylation sites (N-methyl/N-ethyl adjacent to an activating group) is 1. The third kappa shape index (κ3) is 7.19. The van der Waals surface area contributed by atoms with Gasteiger partial charge in [-0.1, -0.05) is 12.1 Å². The fourth-order valence-corrected chi connectivity index (χ4v) is 4.68. The van der Waals surface area contributed by atoms with E-state index >= 15 is 0 Å². The maximum Gasteiger partial charge on any atom is 0.253 e. The predicted octanol–water partition coefficient (Wildman–Crippen LogP) is 2.24. The Morgan fingerprint density at radius 3 is 2.54 bits per heavy atom. The molecule has 0 aliphatic carbocycles. The topological polar surface area (TPSA) is 74.4 Å². The van der Waals surface area contributed by atoms with Crippen LogP contribution in [0.25, 0.3) is 0 Å². The molecule has 2 amide bonds. The number of nitrogens with zero attached hydrogens (tertiary/aromatic N) is 3.